The van der Waals surface area contributed by atoms with Crippen LogP contribution in [0.1, 0.15) is 55.9 Å². The minimum absolute atomic E-state index is 0.0142. The van der Waals surface area contributed by atoms with Crippen molar-refractivity contribution >= 4 is 39.5 Å². The van der Waals surface area contributed by atoms with E-state index in [-0.39, 0.29) is 42.8 Å². The van der Waals surface area contributed by atoms with E-state index in [0.29, 0.717) is 24.3 Å². The van der Waals surface area contributed by atoms with Crippen molar-refractivity contribution in [2.24, 2.45) is 17.0 Å². The van der Waals surface area contributed by atoms with E-state index >= 15 is 0 Å². The minimum atomic E-state index is -4.06. The van der Waals surface area contributed by atoms with Crippen LogP contribution in [0.5, 0.6) is 0 Å². The number of oxime groups is 1. The molecule has 0 aliphatic heterocycles. The Morgan fingerprint density at radius 1 is 1.06 bits per heavy atom. The van der Waals surface area contributed by atoms with Gasteiger partial charge in [0.05, 0.1) is 42.1 Å². The Bertz CT molecular complexity index is 1630. The fourth-order valence-electron chi connectivity index (χ4n) is 5.25. The number of thiazole rings is 1. The Labute approximate surface area is 299 Å². The standard InChI is InChI=1S/C35H50N6O7S2/c1-7-25(4)33(39-35(44)40(5)20-28-23-49-32(37-28)22-48-6)34(43)38-30(17-26-11-9-8-10-12-26)31(42)21-41(19-24(2)3)50(46,47)29-15-13-27(14-16-29)18-36-45/h8-16,18,23-25,30-31,33,42,45H,7,17,19-22H2,1-6H3,(H,38,43)(H,39,44)/b36-18+/t25-,30-,31+,33-/m0/s1. The van der Waals surface area contributed by atoms with Crippen LogP contribution in [0.15, 0.2) is 70.0 Å². The zero-order chi connectivity index (χ0) is 36.8. The molecule has 0 bridgehead atoms. The first-order valence-corrected chi connectivity index (χ1v) is 18.8. The zero-order valence-corrected chi connectivity index (χ0v) is 31.2. The highest BCUT2D eigenvalue weighted by atomic mass is 32.2. The maximum Gasteiger partial charge on any atom is 0.318 e. The molecule has 0 fully saturated rings. The number of methoxy groups -OCH3 is 1. The van der Waals surface area contributed by atoms with E-state index in [0.717, 1.165) is 10.6 Å². The highest BCUT2D eigenvalue weighted by Crippen LogP contribution is 2.20. The quantitative estimate of drug-likeness (QED) is 0.0811. The summed E-state index contributed by atoms with van der Waals surface area (Å²) in [6.07, 6.45) is 0.683. The number of sulfonamides is 1. The Kier molecular flexibility index (Phi) is 15.8. The van der Waals surface area contributed by atoms with Gasteiger partial charge in [-0.2, -0.15) is 4.31 Å². The number of carbonyl (C=O) groups excluding carboxylic acids is 2. The third kappa shape index (κ3) is 11.9. The van der Waals surface area contributed by atoms with Gasteiger partial charge < -0.3 is 30.6 Å². The molecule has 15 heteroatoms. The molecular formula is C35H50N6O7S2. The molecule has 0 radical (unpaired) electrons. The second-order valence-electron chi connectivity index (χ2n) is 12.7. The van der Waals surface area contributed by atoms with Gasteiger partial charge in [0.1, 0.15) is 11.0 Å². The molecular weight excluding hydrogens is 681 g/mol. The monoisotopic (exact) mass is 730 g/mol. The number of benzene rings is 2. The van der Waals surface area contributed by atoms with Crippen molar-refractivity contribution in [1.82, 2.24) is 24.8 Å². The van der Waals surface area contributed by atoms with Crippen LogP contribution in [0.3, 0.4) is 0 Å². The smallest absolute Gasteiger partial charge is 0.318 e. The first-order valence-electron chi connectivity index (χ1n) is 16.5. The van der Waals surface area contributed by atoms with Gasteiger partial charge in [0.2, 0.25) is 15.9 Å². The normalized spacial score (nSPS) is 14.4. The van der Waals surface area contributed by atoms with Crippen LogP contribution < -0.4 is 10.6 Å². The maximum absolute atomic E-state index is 14.0. The van der Waals surface area contributed by atoms with Crippen molar-refractivity contribution in [3.63, 3.8) is 0 Å². The van der Waals surface area contributed by atoms with Crippen molar-refractivity contribution in [2.45, 2.75) is 76.8 Å². The molecule has 4 N–H and O–H groups in total. The molecule has 0 aliphatic rings. The van der Waals surface area contributed by atoms with Crippen LogP contribution in [-0.2, 0) is 39.1 Å². The number of hydrogen-bond donors (Lipinski definition) is 4. The van der Waals surface area contributed by atoms with Crippen LogP contribution in [0.25, 0.3) is 0 Å². The van der Waals surface area contributed by atoms with Crippen molar-refractivity contribution in [3.05, 3.63) is 81.8 Å². The van der Waals surface area contributed by atoms with Gasteiger partial charge in [-0.25, -0.2) is 18.2 Å². The van der Waals surface area contributed by atoms with Gasteiger partial charge in [0.25, 0.3) is 0 Å². The van der Waals surface area contributed by atoms with E-state index in [1.807, 2.05) is 63.4 Å². The zero-order valence-electron chi connectivity index (χ0n) is 29.5. The molecule has 0 spiro atoms. The third-order valence-corrected chi connectivity index (χ3v) is 10.9. The third-order valence-electron chi connectivity index (χ3n) is 8.16. The SMILES string of the molecule is CC[C@H](C)[C@H](NC(=O)N(C)Cc1csc(COC)n1)C(=O)N[C@@H](Cc1ccccc1)[C@H](O)CN(CC(C)C)S(=O)(=O)c1ccc(/C=N/O)cc1. The summed E-state index contributed by atoms with van der Waals surface area (Å²) in [7, 11) is -0.856. The number of nitrogens with zero attached hydrogens (tertiary/aromatic N) is 4. The van der Waals surface area contributed by atoms with Gasteiger partial charge in [-0.15, -0.1) is 11.3 Å². The molecule has 3 rings (SSSR count). The molecule has 0 aliphatic carbocycles. The molecule has 3 amide bonds. The van der Waals surface area contributed by atoms with Crippen molar-refractivity contribution < 1.29 is 33.1 Å². The van der Waals surface area contributed by atoms with E-state index in [1.54, 1.807) is 14.2 Å². The van der Waals surface area contributed by atoms with Crippen LogP contribution in [-0.4, -0.2) is 96.5 Å². The minimum Gasteiger partial charge on any atom is -0.411 e. The Balaban J connectivity index is 1.85. The maximum atomic E-state index is 14.0. The number of aliphatic hydroxyl groups is 1. The molecule has 274 valence electrons. The summed E-state index contributed by atoms with van der Waals surface area (Å²) in [5.74, 6) is -0.819. The molecule has 2 aromatic carbocycles. The molecule has 0 saturated heterocycles. The van der Waals surface area contributed by atoms with E-state index in [2.05, 4.69) is 20.8 Å². The van der Waals surface area contributed by atoms with E-state index < -0.39 is 40.1 Å². The van der Waals surface area contributed by atoms with E-state index in [9.17, 15) is 23.1 Å². The number of urea groups is 1. The lowest BCUT2D eigenvalue weighted by molar-refractivity contribution is -0.125. The lowest BCUT2D eigenvalue weighted by atomic mass is 9.96. The first-order chi connectivity index (χ1) is 23.8. The molecule has 1 aromatic heterocycles. The molecule has 1 heterocycles. The van der Waals surface area contributed by atoms with Crippen molar-refractivity contribution in [1.29, 1.82) is 0 Å². The van der Waals surface area contributed by atoms with Crippen LogP contribution in [0.2, 0.25) is 0 Å². The van der Waals surface area contributed by atoms with E-state index in [1.165, 1.54) is 51.0 Å². The average Bonchev–Trinajstić information content (AvgIpc) is 3.53. The number of nitrogens with one attached hydrogen (secondary N) is 2. The van der Waals surface area contributed by atoms with Gasteiger partial charge in [0, 0.05) is 32.6 Å². The van der Waals surface area contributed by atoms with Crippen molar-refractivity contribution in [2.75, 3.05) is 27.2 Å². The Morgan fingerprint density at radius 2 is 1.74 bits per heavy atom. The number of ether oxygens (including phenoxy) is 1. The molecule has 4 atom stereocenters. The van der Waals surface area contributed by atoms with Crippen LogP contribution >= 0.6 is 11.3 Å². The second kappa shape index (κ2) is 19.5. The predicted molar refractivity (Wildman–Crippen MR) is 194 cm³/mol. The van der Waals surface area contributed by atoms with Gasteiger partial charge >= 0.3 is 6.03 Å². The Morgan fingerprint density at radius 3 is 2.34 bits per heavy atom. The summed E-state index contributed by atoms with van der Waals surface area (Å²) in [6.45, 7) is 7.97. The van der Waals surface area contributed by atoms with Crippen LogP contribution in [0.4, 0.5) is 4.79 Å². The Hall–Kier alpha value is -3.89. The molecule has 0 unspecified atom stereocenters. The largest absolute Gasteiger partial charge is 0.411 e. The summed E-state index contributed by atoms with van der Waals surface area (Å²) in [5.41, 5.74) is 2.04. The van der Waals surface area contributed by atoms with Crippen LogP contribution in [0, 0.1) is 11.8 Å². The fraction of sp³-hybridized carbons (Fsp3) is 0.486. The summed E-state index contributed by atoms with van der Waals surface area (Å²) in [4.78, 5) is 33.2. The molecule has 0 saturated carbocycles. The van der Waals surface area contributed by atoms with Gasteiger partial charge in [0.15, 0.2) is 0 Å². The highest BCUT2D eigenvalue weighted by molar-refractivity contribution is 7.89. The summed E-state index contributed by atoms with van der Waals surface area (Å²) in [6, 6.07) is 12.9. The number of carbonyl (C=O) groups is 2. The number of aromatic nitrogens is 1. The highest BCUT2D eigenvalue weighted by Gasteiger charge is 2.34. The average molecular weight is 731 g/mol. The van der Waals surface area contributed by atoms with Gasteiger partial charge in [-0.1, -0.05) is 81.7 Å². The number of hydrogen-bond acceptors (Lipinski definition) is 10. The lowest BCUT2D eigenvalue weighted by Crippen LogP contribution is -2.58. The first kappa shape index (κ1) is 40.5. The predicted octanol–water partition coefficient (Wildman–Crippen LogP) is 4.09. The summed E-state index contributed by atoms with van der Waals surface area (Å²) in [5, 5.41) is 32.0. The number of aliphatic hydroxyl groups excluding tert-OH is 1. The number of amides is 3. The molecule has 50 heavy (non-hydrogen) atoms. The summed E-state index contributed by atoms with van der Waals surface area (Å²) < 4.78 is 34.0. The fourth-order valence-corrected chi connectivity index (χ4v) is 7.63. The summed E-state index contributed by atoms with van der Waals surface area (Å²) >= 11 is 1.44. The van der Waals surface area contributed by atoms with E-state index in [4.69, 9.17) is 9.94 Å². The topological polar surface area (TPSA) is 174 Å². The lowest BCUT2D eigenvalue weighted by Gasteiger charge is -2.33. The van der Waals surface area contributed by atoms with Gasteiger partial charge in [-0.05, 0) is 41.5 Å². The molecule has 3 aromatic rings. The number of rotatable bonds is 19. The molecule has 13 nitrogen and oxygen atoms in total. The van der Waals surface area contributed by atoms with Crippen molar-refractivity contribution in [3.8, 4) is 0 Å². The van der Waals surface area contributed by atoms with Gasteiger partial charge in [-0.3, -0.25) is 4.79 Å². The second-order valence-corrected chi connectivity index (χ2v) is 15.6.